The van der Waals surface area contributed by atoms with E-state index in [0.29, 0.717) is 58.8 Å². The van der Waals surface area contributed by atoms with E-state index in [2.05, 4.69) is 13.8 Å². The lowest BCUT2D eigenvalue weighted by Gasteiger charge is -2.27. The Labute approximate surface area is 216 Å². The van der Waals surface area contributed by atoms with Crippen LogP contribution < -0.4 is 18.9 Å². The highest BCUT2D eigenvalue weighted by atomic mass is 16.7. The number of ether oxygens (including phenoxy) is 4. The largest absolute Gasteiger partial charge is 0.490 e. The molecule has 0 aliphatic carbocycles. The number of carbonyl (C=O) groups is 2. The number of nitrogens with zero attached hydrogens (tertiary/aromatic N) is 2. The first-order chi connectivity index (χ1) is 17.8. The molecule has 2 aliphatic heterocycles. The second-order valence-electron chi connectivity index (χ2n) is 9.22. The van der Waals surface area contributed by atoms with Gasteiger partial charge in [0.15, 0.2) is 23.0 Å². The van der Waals surface area contributed by atoms with Gasteiger partial charge in [0, 0.05) is 5.57 Å². The minimum Gasteiger partial charge on any atom is -0.490 e. The maximum Gasteiger partial charge on any atom is 0.271 e. The lowest BCUT2D eigenvalue weighted by atomic mass is 9.93. The zero-order valence-electron chi connectivity index (χ0n) is 21.5. The Morgan fingerprint density at radius 3 is 2.57 bits per heavy atom. The van der Waals surface area contributed by atoms with Crippen LogP contribution in [0.25, 0.3) is 6.08 Å². The summed E-state index contributed by atoms with van der Waals surface area (Å²) in [5.41, 5.74) is 1.92. The average molecular weight is 503 g/mol. The zero-order valence-corrected chi connectivity index (χ0v) is 21.5. The minimum atomic E-state index is -0.622. The molecule has 0 saturated carbocycles. The van der Waals surface area contributed by atoms with Crippen molar-refractivity contribution in [1.29, 1.82) is 5.26 Å². The van der Waals surface area contributed by atoms with Gasteiger partial charge < -0.3 is 18.9 Å². The molecule has 8 nitrogen and oxygen atoms in total. The standard InChI is InChI=1S/C29H30N2O6/c1-5-34-26-13-20(6-8-24(26)35-11-10-18(2)3)12-22-19(4)23(15-30)29(33)31(28(22)32)16-21-7-9-25-27(14-21)37-17-36-25/h6-9,12-14,18H,5,10-11,16-17H2,1-4H3/b22-12+. The van der Waals surface area contributed by atoms with Gasteiger partial charge in [0.05, 0.1) is 19.8 Å². The molecule has 0 bridgehead atoms. The number of fused-ring (bicyclic) bond motifs is 1. The molecule has 2 aromatic carbocycles. The van der Waals surface area contributed by atoms with E-state index in [1.54, 1.807) is 37.3 Å². The normalized spacial score (nSPS) is 16.0. The second-order valence-corrected chi connectivity index (χ2v) is 9.22. The van der Waals surface area contributed by atoms with Gasteiger partial charge in [-0.15, -0.1) is 0 Å². The van der Waals surface area contributed by atoms with Crippen LogP contribution in [0.5, 0.6) is 23.0 Å². The molecule has 2 heterocycles. The Bertz CT molecular complexity index is 1320. The number of imide groups is 1. The lowest BCUT2D eigenvalue weighted by molar-refractivity contribution is -0.141. The van der Waals surface area contributed by atoms with Gasteiger partial charge >= 0.3 is 0 Å². The molecule has 2 amide bonds. The molecule has 4 rings (SSSR count). The number of amides is 2. The van der Waals surface area contributed by atoms with Crippen LogP contribution in [0.1, 0.15) is 45.2 Å². The van der Waals surface area contributed by atoms with Crippen molar-refractivity contribution in [2.75, 3.05) is 20.0 Å². The van der Waals surface area contributed by atoms with Crippen molar-refractivity contribution < 1.29 is 28.5 Å². The van der Waals surface area contributed by atoms with Crippen molar-refractivity contribution in [3.8, 4) is 29.1 Å². The van der Waals surface area contributed by atoms with Gasteiger partial charge in [-0.05, 0) is 73.2 Å². The van der Waals surface area contributed by atoms with Crippen LogP contribution in [0.4, 0.5) is 0 Å². The van der Waals surface area contributed by atoms with E-state index in [9.17, 15) is 14.9 Å². The van der Waals surface area contributed by atoms with Crippen LogP contribution in [-0.2, 0) is 16.1 Å². The first-order valence-corrected chi connectivity index (χ1v) is 12.3. The van der Waals surface area contributed by atoms with Crippen molar-refractivity contribution in [2.24, 2.45) is 5.92 Å². The third kappa shape index (κ3) is 5.61. The van der Waals surface area contributed by atoms with E-state index >= 15 is 0 Å². The fourth-order valence-corrected chi connectivity index (χ4v) is 4.07. The topological polar surface area (TPSA) is 98.1 Å². The highest BCUT2D eigenvalue weighted by molar-refractivity contribution is 6.19. The van der Waals surface area contributed by atoms with Crippen molar-refractivity contribution in [1.82, 2.24) is 4.90 Å². The second kappa shape index (κ2) is 11.2. The molecule has 8 heteroatoms. The highest BCUT2D eigenvalue weighted by Gasteiger charge is 2.35. The van der Waals surface area contributed by atoms with Gasteiger partial charge in [-0.3, -0.25) is 14.5 Å². The maximum absolute atomic E-state index is 13.5. The van der Waals surface area contributed by atoms with Crippen LogP contribution in [0.3, 0.4) is 0 Å². The summed E-state index contributed by atoms with van der Waals surface area (Å²) >= 11 is 0. The summed E-state index contributed by atoms with van der Waals surface area (Å²) in [6.45, 7) is 8.92. The molecule has 0 fully saturated rings. The Hall–Kier alpha value is -4.25. The molecule has 0 spiro atoms. The van der Waals surface area contributed by atoms with Crippen molar-refractivity contribution in [2.45, 2.75) is 40.7 Å². The molecule has 2 aliphatic rings. The van der Waals surface area contributed by atoms with Crippen LogP contribution in [0.15, 0.2) is 53.1 Å². The number of benzene rings is 2. The summed E-state index contributed by atoms with van der Waals surface area (Å²) in [4.78, 5) is 27.7. The number of hydrogen-bond donors (Lipinski definition) is 0. The SMILES string of the molecule is CCOc1cc(/C=C2/C(=O)N(Cc3ccc4c(c3)OCO4)C(=O)C(C#N)=C2C)ccc1OCCC(C)C. The van der Waals surface area contributed by atoms with Crippen LogP contribution in [0.2, 0.25) is 0 Å². The third-order valence-electron chi connectivity index (χ3n) is 6.13. The van der Waals surface area contributed by atoms with E-state index in [1.807, 2.05) is 25.1 Å². The lowest BCUT2D eigenvalue weighted by Crippen LogP contribution is -2.42. The van der Waals surface area contributed by atoms with E-state index in [-0.39, 0.29) is 24.5 Å². The minimum absolute atomic E-state index is 0.00304. The van der Waals surface area contributed by atoms with Crippen LogP contribution in [0, 0.1) is 17.2 Å². The molecule has 0 aromatic heterocycles. The van der Waals surface area contributed by atoms with E-state index < -0.39 is 11.8 Å². The van der Waals surface area contributed by atoms with Gasteiger partial charge in [0.25, 0.3) is 11.8 Å². The predicted octanol–water partition coefficient (Wildman–Crippen LogP) is 5.03. The summed E-state index contributed by atoms with van der Waals surface area (Å²) in [5, 5.41) is 9.72. The quantitative estimate of drug-likeness (QED) is 0.350. The molecule has 0 saturated heterocycles. The summed E-state index contributed by atoms with van der Waals surface area (Å²) < 4.78 is 22.4. The third-order valence-corrected chi connectivity index (χ3v) is 6.13. The first kappa shape index (κ1) is 25.8. The van der Waals surface area contributed by atoms with E-state index in [0.717, 1.165) is 11.3 Å². The Morgan fingerprint density at radius 2 is 1.84 bits per heavy atom. The molecule has 2 aromatic rings. The van der Waals surface area contributed by atoms with Gasteiger partial charge in [0.1, 0.15) is 11.6 Å². The summed E-state index contributed by atoms with van der Waals surface area (Å²) in [6.07, 6.45) is 2.59. The highest BCUT2D eigenvalue weighted by Crippen LogP contribution is 2.35. The number of rotatable bonds is 9. The Morgan fingerprint density at radius 1 is 1.05 bits per heavy atom. The fraction of sp³-hybridized carbons (Fsp3) is 0.345. The van der Waals surface area contributed by atoms with Crippen molar-refractivity contribution in [3.05, 3.63) is 64.2 Å². The molecule has 192 valence electrons. The van der Waals surface area contributed by atoms with Gasteiger partial charge in [-0.1, -0.05) is 26.0 Å². The number of hydrogen-bond acceptors (Lipinski definition) is 7. The molecular weight excluding hydrogens is 472 g/mol. The number of nitriles is 1. The summed E-state index contributed by atoms with van der Waals surface area (Å²) in [7, 11) is 0. The number of carbonyl (C=O) groups excluding carboxylic acids is 2. The molecule has 0 radical (unpaired) electrons. The summed E-state index contributed by atoms with van der Waals surface area (Å²) in [5.74, 6) is 1.78. The molecule has 37 heavy (non-hydrogen) atoms. The molecule has 0 unspecified atom stereocenters. The van der Waals surface area contributed by atoms with Gasteiger partial charge in [0.2, 0.25) is 6.79 Å². The van der Waals surface area contributed by atoms with Crippen LogP contribution in [-0.4, -0.2) is 36.7 Å². The van der Waals surface area contributed by atoms with Crippen molar-refractivity contribution in [3.63, 3.8) is 0 Å². The molecular formula is C29H30N2O6. The predicted molar refractivity (Wildman–Crippen MR) is 137 cm³/mol. The van der Waals surface area contributed by atoms with Crippen LogP contribution >= 0.6 is 0 Å². The first-order valence-electron chi connectivity index (χ1n) is 12.3. The van der Waals surface area contributed by atoms with Crippen molar-refractivity contribution >= 4 is 17.9 Å². The Kier molecular flexibility index (Phi) is 7.83. The smallest absolute Gasteiger partial charge is 0.271 e. The fourth-order valence-electron chi connectivity index (χ4n) is 4.07. The monoisotopic (exact) mass is 502 g/mol. The maximum atomic E-state index is 13.5. The average Bonchev–Trinajstić information content (AvgIpc) is 3.34. The zero-order chi connectivity index (χ0) is 26.5. The Balaban J connectivity index is 1.65. The molecule has 0 atom stereocenters. The van der Waals surface area contributed by atoms with Gasteiger partial charge in [-0.2, -0.15) is 5.26 Å². The summed E-state index contributed by atoms with van der Waals surface area (Å²) in [6, 6.07) is 12.6. The van der Waals surface area contributed by atoms with E-state index in [1.165, 1.54) is 0 Å². The molecule has 0 N–H and O–H groups in total. The van der Waals surface area contributed by atoms with E-state index in [4.69, 9.17) is 18.9 Å². The van der Waals surface area contributed by atoms with Gasteiger partial charge in [-0.25, -0.2) is 0 Å².